The highest BCUT2D eigenvalue weighted by Crippen LogP contribution is 2.28. The monoisotopic (exact) mass is 208 g/mol. The van der Waals surface area contributed by atoms with E-state index in [1.165, 1.54) is 4.88 Å². The van der Waals surface area contributed by atoms with Gasteiger partial charge >= 0.3 is 0 Å². The summed E-state index contributed by atoms with van der Waals surface area (Å²) in [5.41, 5.74) is 0.845. The van der Waals surface area contributed by atoms with E-state index in [2.05, 4.69) is 24.9 Å². The molecule has 0 N–H and O–H groups in total. The van der Waals surface area contributed by atoms with Crippen LogP contribution in [0.4, 0.5) is 0 Å². The third kappa shape index (κ3) is 2.33. The Kier molecular flexibility index (Phi) is 3.28. The van der Waals surface area contributed by atoms with Crippen LogP contribution in [0.25, 0.3) is 0 Å². The summed E-state index contributed by atoms with van der Waals surface area (Å²) in [6.07, 6.45) is 1.65. The zero-order valence-electron chi connectivity index (χ0n) is 9.22. The lowest BCUT2D eigenvalue weighted by molar-refractivity contribution is 0.422. The van der Waals surface area contributed by atoms with Crippen molar-refractivity contribution in [2.24, 2.45) is 5.41 Å². The maximum Gasteiger partial charge on any atom is 0.0946 e. The molecule has 0 spiro atoms. The van der Waals surface area contributed by atoms with Crippen molar-refractivity contribution in [3.8, 4) is 6.07 Å². The number of nitrogens with zero attached hydrogens (tertiary/aromatic N) is 2. The van der Waals surface area contributed by atoms with Crippen molar-refractivity contribution in [1.82, 2.24) is 4.98 Å². The van der Waals surface area contributed by atoms with E-state index in [1.807, 2.05) is 13.8 Å². The van der Waals surface area contributed by atoms with Crippen LogP contribution in [0.3, 0.4) is 0 Å². The first-order chi connectivity index (χ1) is 6.50. The van der Waals surface area contributed by atoms with Crippen LogP contribution in [0.15, 0.2) is 0 Å². The van der Waals surface area contributed by atoms with E-state index in [-0.39, 0.29) is 5.41 Å². The van der Waals surface area contributed by atoms with Crippen molar-refractivity contribution < 1.29 is 0 Å². The molecule has 0 aliphatic rings. The minimum absolute atomic E-state index is 0.253. The standard InChI is InChI=1S/C11H16N2S/c1-5-11(4,7-12)6-10-13-8(2)9(3)14-10/h5-6H2,1-4H3. The van der Waals surface area contributed by atoms with Crippen LogP contribution in [0.1, 0.15) is 35.8 Å². The van der Waals surface area contributed by atoms with E-state index in [4.69, 9.17) is 5.26 Å². The molecule has 0 aliphatic carbocycles. The van der Waals surface area contributed by atoms with E-state index < -0.39 is 0 Å². The first kappa shape index (κ1) is 11.2. The summed E-state index contributed by atoms with van der Waals surface area (Å²) >= 11 is 1.71. The molecule has 2 nitrogen and oxygen atoms in total. The Morgan fingerprint density at radius 2 is 2.14 bits per heavy atom. The molecule has 0 bridgehead atoms. The molecule has 0 saturated carbocycles. The van der Waals surface area contributed by atoms with Crippen molar-refractivity contribution in [3.05, 3.63) is 15.6 Å². The van der Waals surface area contributed by atoms with Crippen molar-refractivity contribution in [1.29, 1.82) is 5.26 Å². The molecule has 0 fully saturated rings. The number of aryl methyl sites for hydroxylation is 2. The fraction of sp³-hybridized carbons (Fsp3) is 0.636. The van der Waals surface area contributed by atoms with Crippen molar-refractivity contribution in [2.45, 2.75) is 40.5 Å². The number of thiazole rings is 1. The van der Waals surface area contributed by atoms with Gasteiger partial charge in [-0.2, -0.15) is 5.26 Å². The van der Waals surface area contributed by atoms with E-state index in [0.717, 1.165) is 23.5 Å². The molecule has 1 aromatic heterocycles. The SMILES string of the molecule is CCC(C)(C#N)Cc1nc(C)c(C)s1. The predicted octanol–water partition coefficient (Wildman–Crippen LogP) is 3.24. The molecular weight excluding hydrogens is 192 g/mol. The van der Waals surface area contributed by atoms with Crippen LogP contribution in [-0.4, -0.2) is 4.98 Å². The molecule has 0 radical (unpaired) electrons. The molecule has 0 amide bonds. The fourth-order valence-electron chi connectivity index (χ4n) is 1.19. The zero-order chi connectivity index (χ0) is 10.8. The van der Waals surface area contributed by atoms with Gasteiger partial charge in [-0.1, -0.05) is 6.92 Å². The maximum atomic E-state index is 9.05. The van der Waals surface area contributed by atoms with E-state index >= 15 is 0 Å². The molecule has 14 heavy (non-hydrogen) atoms. The minimum atomic E-state index is -0.253. The average molecular weight is 208 g/mol. The highest BCUT2D eigenvalue weighted by atomic mass is 32.1. The summed E-state index contributed by atoms with van der Waals surface area (Å²) in [7, 11) is 0. The molecule has 1 atom stereocenters. The molecule has 76 valence electrons. The molecule has 1 heterocycles. The summed E-state index contributed by atoms with van der Waals surface area (Å²) in [5, 5.41) is 10.1. The number of hydrogen-bond acceptors (Lipinski definition) is 3. The van der Waals surface area contributed by atoms with Gasteiger partial charge in [0.05, 0.1) is 22.2 Å². The van der Waals surface area contributed by atoms with Crippen LogP contribution in [0.2, 0.25) is 0 Å². The smallest absolute Gasteiger partial charge is 0.0946 e. The molecule has 1 aromatic rings. The summed E-state index contributed by atoms with van der Waals surface area (Å²) < 4.78 is 0. The van der Waals surface area contributed by atoms with Gasteiger partial charge < -0.3 is 0 Å². The highest BCUT2D eigenvalue weighted by molar-refractivity contribution is 7.11. The van der Waals surface area contributed by atoms with Gasteiger partial charge in [0.15, 0.2) is 0 Å². The lowest BCUT2D eigenvalue weighted by Gasteiger charge is -2.16. The van der Waals surface area contributed by atoms with E-state index in [1.54, 1.807) is 11.3 Å². The largest absolute Gasteiger partial charge is 0.246 e. The molecule has 0 saturated heterocycles. The van der Waals surface area contributed by atoms with Gasteiger partial charge in [-0.3, -0.25) is 0 Å². The average Bonchev–Trinajstić information content (AvgIpc) is 2.45. The molecule has 0 aromatic carbocycles. The molecule has 1 unspecified atom stereocenters. The topological polar surface area (TPSA) is 36.7 Å². The second-order valence-electron chi connectivity index (χ2n) is 3.95. The van der Waals surface area contributed by atoms with Crippen molar-refractivity contribution in [3.63, 3.8) is 0 Å². The van der Waals surface area contributed by atoms with Gasteiger partial charge in [-0.05, 0) is 27.2 Å². The first-order valence-electron chi connectivity index (χ1n) is 4.85. The first-order valence-corrected chi connectivity index (χ1v) is 5.66. The van der Waals surface area contributed by atoms with E-state index in [0.29, 0.717) is 0 Å². The normalized spacial score (nSPS) is 14.8. The summed E-state index contributed by atoms with van der Waals surface area (Å²) in [5.74, 6) is 0. The Bertz CT molecular complexity index is 342. The minimum Gasteiger partial charge on any atom is -0.246 e. The lowest BCUT2D eigenvalue weighted by Crippen LogP contribution is -2.15. The Labute approximate surface area is 89.6 Å². The second kappa shape index (κ2) is 4.10. The molecule has 1 rings (SSSR count). The van der Waals surface area contributed by atoms with Gasteiger partial charge in [0.25, 0.3) is 0 Å². The third-order valence-electron chi connectivity index (χ3n) is 2.66. The Morgan fingerprint density at radius 3 is 2.50 bits per heavy atom. The Hall–Kier alpha value is -0.880. The quantitative estimate of drug-likeness (QED) is 0.764. The highest BCUT2D eigenvalue weighted by Gasteiger charge is 2.23. The van der Waals surface area contributed by atoms with Gasteiger partial charge in [0.1, 0.15) is 0 Å². The summed E-state index contributed by atoms with van der Waals surface area (Å²) in [6.45, 7) is 8.15. The lowest BCUT2D eigenvalue weighted by atomic mass is 9.86. The van der Waals surface area contributed by atoms with Crippen LogP contribution in [-0.2, 0) is 6.42 Å². The number of rotatable bonds is 3. The predicted molar refractivity (Wildman–Crippen MR) is 59.3 cm³/mol. The molecular formula is C11H16N2S. The van der Waals surface area contributed by atoms with Crippen LogP contribution in [0, 0.1) is 30.6 Å². The van der Waals surface area contributed by atoms with Crippen molar-refractivity contribution >= 4 is 11.3 Å². The fourth-order valence-corrected chi connectivity index (χ4v) is 2.31. The maximum absolute atomic E-state index is 9.05. The summed E-state index contributed by atoms with van der Waals surface area (Å²) in [4.78, 5) is 5.72. The molecule has 3 heteroatoms. The third-order valence-corrected chi connectivity index (χ3v) is 3.74. The number of aromatic nitrogens is 1. The van der Waals surface area contributed by atoms with Gasteiger partial charge in [0.2, 0.25) is 0 Å². The number of nitriles is 1. The zero-order valence-corrected chi connectivity index (χ0v) is 10.0. The van der Waals surface area contributed by atoms with Crippen LogP contribution >= 0.6 is 11.3 Å². The Morgan fingerprint density at radius 1 is 1.50 bits per heavy atom. The van der Waals surface area contributed by atoms with Gasteiger partial charge in [-0.25, -0.2) is 4.98 Å². The van der Waals surface area contributed by atoms with Crippen molar-refractivity contribution in [2.75, 3.05) is 0 Å². The Balaban J connectivity index is 2.84. The van der Waals surface area contributed by atoms with Crippen LogP contribution < -0.4 is 0 Å². The van der Waals surface area contributed by atoms with Crippen LogP contribution in [0.5, 0.6) is 0 Å². The van der Waals surface area contributed by atoms with E-state index in [9.17, 15) is 0 Å². The summed E-state index contributed by atoms with van der Waals surface area (Å²) in [6, 6.07) is 2.37. The van der Waals surface area contributed by atoms with Gasteiger partial charge in [0, 0.05) is 11.3 Å². The van der Waals surface area contributed by atoms with Gasteiger partial charge in [-0.15, -0.1) is 11.3 Å². The molecule has 0 aliphatic heterocycles. The number of hydrogen-bond donors (Lipinski definition) is 0. The second-order valence-corrected chi connectivity index (χ2v) is 5.24.